The maximum atomic E-state index is 11.9. The third kappa shape index (κ3) is 5.60. The topological polar surface area (TPSA) is 62.9 Å². The number of hydrogen-bond acceptors (Lipinski definition) is 5. The number of halogens is 1. The van der Waals surface area contributed by atoms with E-state index in [2.05, 4.69) is 14.8 Å². The number of benzene rings is 1. The Kier molecular flexibility index (Phi) is 6.49. The average molecular weight is 245 g/mol. The normalized spacial score (nSPS) is 12.4. The van der Waals surface area contributed by atoms with Crippen LogP contribution >= 0.6 is 0 Å². The number of alkyl halides is 1. The summed E-state index contributed by atoms with van der Waals surface area (Å²) in [6.45, 7) is -0.446. The lowest BCUT2D eigenvalue weighted by Gasteiger charge is -2.10. The molecule has 0 aromatic heterocycles. The lowest BCUT2D eigenvalue weighted by atomic mass is 10.1. The zero-order valence-electron chi connectivity index (χ0n) is 9.60. The molecule has 0 radical (unpaired) electrons. The van der Waals surface area contributed by atoms with Gasteiger partial charge in [0, 0.05) is 6.42 Å². The fourth-order valence-corrected chi connectivity index (χ4v) is 1.23. The first kappa shape index (κ1) is 13.9. The SMILES string of the molecule is COOOC(N)Cc1ccc(OCCF)cc1. The van der Waals surface area contributed by atoms with Gasteiger partial charge < -0.3 is 10.5 Å². The molecule has 0 aliphatic carbocycles. The van der Waals surface area contributed by atoms with Crippen LogP contribution in [0.15, 0.2) is 24.3 Å². The van der Waals surface area contributed by atoms with E-state index in [1.807, 2.05) is 12.1 Å². The minimum absolute atomic E-state index is 0.0592. The second kappa shape index (κ2) is 7.97. The quantitative estimate of drug-likeness (QED) is 0.426. The van der Waals surface area contributed by atoms with Crippen molar-refractivity contribution in [2.75, 3.05) is 20.4 Å². The minimum atomic E-state index is -0.618. The van der Waals surface area contributed by atoms with Gasteiger partial charge in [-0.1, -0.05) is 17.2 Å². The molecule has 6 heteroatoms. The molecule has 1 aromatic carbocycles. The highest BCUT2D eigenvalue weighted by Crippen LogP contribution is 2.13. The van der Waals surface area contributed by atoms with Gasteiger partial charge in [0.05, 0.1) is 7.11 Å². The second-order valence-electron chi connectivity index (χ2n) is 3.25. The molecule has 96 valence electrons. The Morgan fingerprint density at radius 1 is 1.29 bits per heavy atom. The average Bonchev–Trinajstić information content (AvgIpc) is 2.35. The van der Waals surface area contributed by atoms with Gasteiger partial charge in [-0.05, 0) is 17.7 Å². The summed E-state index contributed by atoms with van der Waals surface area (Å²) in [5.41, 5.74) is 6.55. The maximum Gasteiger partial charge on any atom is 0.148 e. The van der Waals surface area contributed by atoms with Gasteiger partial charge in [-0.15, -0.1) is 0 Å². The van der Waals surface area contributed by atoms with Gasteiger partial charge in [-0.2, -0.15) is 4.89 Å². The molecule has 0 saturated carbocycles. The summed E-state index contributed by atoms with van der Waals surface area (Å²) in [5, 5.41) is 4.25. The van der Waals surface area contributed by atoms with Crippen LogP contribution in [0.25, 0.3) is 0 Å². The highest BCUT2D eigenvalue weighted by atomic mass is 19.1. The lowest BCUT2D eigenvalue weighted by Crippen LogP contribution is -2.26. The van der Waals surface area contributed by atoms with Gasteiger partial charge in [0.2, 0.25) is 0 Å². The molecule has 0 saturated heterocycles. The van der Waals surface area contributed by atoms with E-state index in [0.717, 1.165) is 5.56 Å². The molecule has 0 heterocycles. The van der Waals surface area contributed by atoms with Crippen molar-refractivity contribution >= 4 is 0 Å². The van der Waals surface area contributed by atoms with Crippen molar-refractivity contribution in [3.05, 3.63) is 29.8 Å². The largest absolute Gasteiger partial charge is 0.491 e. The Morgan fingerprint density at radius 3 is 2.59 bits per heavy atom. The van der Waals surface area contributed by atoms with Crippen LogP contribution in [0, 0.1) is 0 Å². The molecule has 1 rings (SSSR count). The van der Waals surface area contributed by atoms with Crippen molar-refractivity contribution in [1.82, 2.24) is 0 Å². The standard InChI is InChI=1S/C11H16FNO4/c1-14-17-16-11(13)8-9-2-4-10(5-3-9)15-7-6-12/h2-5,11H,6-8,13H2,1H3. The first-order valence-corrected chi connectivity index (χ1v) is 5.15. The van der Waals surface area contributed by atoms with Gasteiger partial charge in [-0.25, -0.2) is 9.28 Å². The molecule has 5 nitrogen and oxygen atoms in total. The van der Waals surface area contributed by atoms with Gasteiger partial charge in [0.1, 0.15) is 25.3 Å². The van der Waals surface area contributed by atoms with Crippen molar-refractivity contribution < 1.29 is 23.9 Å². The third-order valence-electron chi connectivity index (χ3n) is 1.94. The molecule has 0 amide bonds. The molecule has 0 fully saturated rings. The summed E-state index contributed by atoms with van der Waals surface area (Å²) in [4.78, 5) is 8.92. The van der Waals surface area contributed by atoms with Crippen LogP contribution in [0.5, 0.6) is 5.75 Å². The van der Waals surface area contributed by atoms with Gasteiger partial charge in [0.25, 0.3) is 0 Å². The van der Waals surface area contributed by atoms with Crippen molar-refractivity contribution in [3.8, 4) is 5.75 Å². The van der Waals surface area contributed by atoms with E-state index in [1.165, 1.54) is 7.11 Å². The predicted octanol–water partition coefficient (Wildman–Crippen LogP) is 1.37. The van der Waals surface area contributed by atoms with E-state index in [1.54, 1.807) is 12.1 Å². The third-order valence-corrected chi connectivity index (χ3v) is 1.94. The van der Waals surface area contributed by atoms with Crippen molar-refractivity contribution in [1.29, 1.82) is 0 Å². The molecule has 0 spiro atoms. The van der Waals surface area contributed by atoms with Crippen LogP contribution in [0.2, 0.25) is 0 Å². The van der Waals surface area contributed by atoms with Crippen LogP contribution in [0.4, 0.5) is 4.39 Å². The second-order valence-corrected chi connectivity index (χ2v) is 3.25. The van der Waals surface area contributed by atoms with E-state index < -0.39 is 12.9 Å². The van der Waals surface area contributed by atoms with E-state index in [9.17, 15) is 4.39 Å². The molecular weight excluding hydrogens is 229 g/mol. The molecule has 0 aliphatic rings. The van der Waals surface area contributed by atoms with E-state index >= 15 is 0 Å². The number of hydrogen-bond donors (Lipinski definition) is 1. The highest BCUT2D eigenvalue weighted by Gasteiger charge is 2.05. The molecule has 17 heavy (non-hydrogen) atoms. The summed E-state index contributed by atoms with van der Waals surface area (Å²) in [7, 11) is 1.32. The zero-order chi connectivity index (χ0) is 12.5. The van der Waals surface area contributed by atoms with Crippen LogP contribution in [-0.4, -0.2) is 26.6 Å². The fraction of sp³-hybridized carbons (Fsp3) is 0.455. The molecule has 1 unspecified atom stereocenters. The number of rotatable bonds is 8. The van der Waals surface area contributed by atoms with Crippen molar-refractivity contribution in [2.24, 2.45) is 5.73 Å². The van der Waals surface area contributed by atoms with Crippen LogP contribution in [-0.2, 0) is 21.2 Å². The predicted molar refractivity (Wildman–Crippen MR) is 58.8 cm³/mol. The highest BCUT2D eigenvalue weighted by molar-refractivity contribution is 5.27. The summed E-state index contributed by atoms with van der Waals surface area (Å²) in [6.07, 6.45) is -0.153. The summed E-state index contributed by atoms with van der Waals surface area (Å²) < 4.78 is 17.0. The van der Waals surface area contributed by atoms with E-state index in [0.29, 0.717) is 12.2 Å². The zero-order valence-corrected chi connectivity index (χ0v) is 9.60. The summed E-state index contributed by atoms with van der Waals surface area (Å²) >= 11 is 0. The summed E-state index contributed by atoms with van der Waals surface area (Å²) in [5.74, 6) is 0.619. The Balaban J connectivity index is 2.39. The molecule has 0 bridgehead atoms. The molecular formula is C11H16FNO4. The first-order valence-electron chi connectivity index (χ1n) is 5.15. The molecule has 0 aliphatic heterocycles. The van der Waals surface area contributed by atoms with Gasteiger partial charge in [0.15, 0.2) is 0 Å². The fourth-order valence-electron chi connectivity index (χ4n) is 1.23. The van der Waals surface area contributed by atoms with Gasteiger partial charge in [-0.3, -0.25) is 0 Å². The summed E-state index contributed by atoms with van der Waals surface area (Å²) in [6, 6.07) is 7.14. The van der Waals surface area contributed by atoms with Gasteiger partial charge >= 0.3 is 0 Å². The van der Waals surface area contributed by atoms with E-state index in [4.69, 9.17) is 10.5 Å². The Morgan fingerprint density at radius 2 is 2.00 bits per heavy atom. The van der Waals surface area contributed by atoms with E-state index in [-0.39, 0.29) is 6.61 Å². The first-order chi connectivity index (χ1) is 8.26. The smallest absolute Gasteiger partial charge is 0.148 e. The Hall–Kier alpha value is -1.21. The lowest BCUT2D eigenvalue weighted by molar-refractivity contribution is -0.516. The molecule has 1 atom stereocenters. The monoisotopic (exact) mass is 245 g/mol. The maximum absolute atomic E-state index is 11.9. The number of nitrogens with two attached hydrogens (primary N) is 1. The number of ether oxygens (including phenoxy) is 1. The Bertz CT molecular complexity index is 307. The molecule has 2 N–H and O–H groups in total. The van der Waals surface area contributed by atoms with Crippen LogP contribution in [0.3, 0.4) is 0 Å². The minimum Gasteiger partial charge on any atom is -0.491 e. The molecule has 1 aromatic rings. The van der Waals surface area contributed by atoms with Crippen molar-refractivity contribution in [2.45, 2.75) is 12.6 Å². The van der Waals surface area contributed by atoms with Crippen molar-refractivity contribution in [3.63, 3.8) is 0 Å². The van der Waals surface area contributed by atoms with Crippen LogP contribution in [0.1, 0.15) is 5.56 Å². The van der Waals surface area contributed by atoms with Crippen LogP contribution < -0.4 is 10.5 Å². The Labute approximate surface area is 99.1 Å².